The molecule has 9 heteroatoms. The molecule has 0 aliphatic carbocycles. The molecule has 28 heavy (non-hydrogen) atoms. The number of hydrogen-bond acceptors (Lipinski definition) is 3. The predicted molar refractivity (Wildman–Crippen MR) is 106 cm³/mol. The standard InChI is InChI=1S/C19H19Cl2N3O4/c1-13(2-3-14-4-5-15(20)16(21)12-14)22-19(28)24-10-8-23(9-11-24)17(25)6-7-18(26)27/h4-7,12-13H,8-11H2,1H3,(H,22,28)(H,26,27)/b7-6+. The highest BCUT2D eigenvalue weighted by Crippen LogP contribution is 2.22. The van der Waals surface area contributed by atoms with Crippen LogP contribution < -0.4 is 5.32 Å². The lowest BCUT2D eigenvalue weighted by atomic mass is 10.2. The minimum Gasteiger partial charge on any atom is -0.478 e. The second-order valence-electron chi connectivity index (χ2n) is 6.05. The lowest BCUT2D eigenvalue weighted by Crippen LogP contribution is -2.54. The molecule has 1 saturated heterocycles. The quantitative estimate of drug-likeness (QED) is 0.575. The van der Waals surface area contributed by atoms with E-state index in [0.29, 0.717) is 41.8 Å². The van der Waals surface area contributed by atoms with Crippen molar-refractivity contribution < 1.29 is 19.5 Å². The highest BCUT2D eigenvalue weighted by Gasteiger charge is 2.23. The van der Waals surface area contributed by atoms with Gasteiger partial charge in [0, 0.05) is 43.9 Å². The zero-order valence-corrected chi connectivity index (χ0v) is 16.6. The van der Waals surface area contributed by atoms with Crippen LogP contribution in [-0.2, 0) is 9.59 Å². The van der Waals surface area contributed by atoms with E-state index in [0.717, 1.165) is 12.2 Å². The summed E-state index contributed by atoms with van der Waals surface area (Å²) in [5.41, 5.74) is 0.692. The van der Waals surface area contributed by atoms with Gasteiger partial charge in [-0.15, -0.1) is 0 Å². The van der Waals surface area contributed by atoms with Gasteiger partial charge < -0.3 is 20.2 Å². The van der Waals surface area contributed by atoms with Crippen molar-refractivity contribution >= 4 is 41.1 Å². The fourth-order valence-electron chi connectivity index (χ4n) is 2.46. The minimum absolute atomic E-state index is 0.274. The molecule has 1 atom stereocenters. The van der Waals surface area contributed by atoms with Crippen LogP contribution in [0.2, 0.25) is 10.0 Å². The summed E-state index contributed by atoms with van der Waals surface area (Å²) in [5.74, 6) is 4.30. The molecule has 0 radical (unpaired) electrons. The van der Waals surface area contributed by atoms with Gasteiger partial charge in [-0.1, -0.05) is 35.0 Å². The van der Waals surface area contributed by atoms with Gasteiger partial charge in [0.05, 0.1) is 16.1 Å². The summed E-state index contributed by atoms with van der Waals surface area (Å²) in [6, 6.07) is 4.39. The summed E-state index contributed by atoms with van der Waals surface area (Å²) in [4.78, 5) is 37.7. The van der Waals surface area contributed by atoms with Crippen LogP contribution in [0.4, 0.5) is 4.79 Å². The SMILES string of the molecule is CC(C#Cc1ccc(Cl)c(Cl)c1)NC(=O)N1CCN(C(=O)/C=C/C(=O)O)CC1. The Morgan fingerprint density at radius 2 is 1.75 bits per heavy atom. The van der Waals surface area contributed by atoms with Crippen molar-refractivity contribution in [1.82, 2.24) is 15.1 Å². The van der Waals surface area contributed by atoms with Crippen molar-refractivity contribution in [2.45, 2.75) is 13.0 Å². The molecule has 0 bridgehead atoms. The van der Waals surface area contributed by atoms with Gasteiger partial charge in [0.25, 0.3) is 0 Å². The van der Waals surface area contributed by atoms with E-state index >= 15 is 0 Å². The molecule has 1 heterocycles. The molecule has 3 amide bonds. The first kappa shape index (κ1) is 21.6. The second kappa shape index (κ2) is 10.0. The third kappa shape index (κ3) is 6.48. The van der Waals surface area contributed by atoms with Gasteiger partial charge in [-0.3, -0.25) is 4.79 Å². The molecule has 1 aromatic carbocycles. The maximum Gasteiger partial charge on any atom is 0.328 e. The lowest BCUT2D eigenvalue weighted by Gasteiger charge is -2.34. The average Bonchev–Trinajstić information content (AvgIpc) is 2.67. The Labute approximate surface area is 172 Å². The van der Waals surface area contributed by atoms with E-state index < -0.39 is 5.97 Å². The molecule has 0 spiro atoms. The van der Waals surface area contributed by atoms with Crippen molar-refractivity contribution in [3.8, 4) is 11.8 Å². The van der Waals surface area contributed by atoms with Crippen molar-refractivity contribution in [3.63, 3.8) is 0 Å². The number of halogens is 2. The molecule has 0 saturated carbocycles. The summed E-state index contributed by atoms with van der Waals surface area (Å²) < 4.78 is 0. The Bertz CT molecular complexity index is 852. The number of aliphatic carboxylic acids is 1. The molecule has 1 aliphatic rings. The molecular formula is C19H19Cl2N3O4. The van der Waals surface area contributed by atoms with Gasteiger partial charge in [-0.05, 0) is 25.1 Å². The molecule has 2 N–H and O–H groups in total. The van der Waals surface area contributed by atoms with E-state index in [4.69, 9.17) is 28.3 Å². The van der Waals surface area contributed by atoms with Crippen LogP contribution >= 0.6 is 23.2 Å². The molecule has 1 unspecified atom stereocenters. The number of piperazine rings is 1. The minimum atomic E-state index is -1.18. The summed E-state index contributed by atoms with van der Waals surface area (Å²) in [6.07, 6.45) is 1.81. The maximum absolute atomic E-state index is 12.3. The fourth-order valence-corrected chi connectivity index (χ4v) is 2.75. The Balaban J connectivity index is 1.84. The lowest BCUT2D eigenvalue weighted by molar-refractivity contribution is -0.132. The average molecular weight is 424 g/mol. The number of carbonyl (C=O) groups is 3. The monoisotopic (exact) mass is 423 g/mol. The first-order chi connectivity index (χ1) is 13.3. The molecule has 1 aliphatic heterocycles. The Hall–Kier alpha value is -2.69. The fraction of sp³-hybridized carbons (Fsp3) is 0.316. The number of hydrogen-bond donors (Lipinski definition) is 2. The van der Waals surface area contributed by atoms with Gasteiger partial charge >= 0.3 is 12.0 Å². The van der Waals surface area contributed by atoms with Crippen molar-refractivity contribution in [2.24, 2.45) is 0 Å². The van der Waals surface area contributed by atoms with E-state index in [-0.39, 0.29) is 18.0 Å². The van der Waals surface area contributed by atoms with Crippen LogP contribution in [0.5, 0.6) is 0 Å². The number of nitrogens with zero attached hydrogens (tertiary/aromatic N) is 2. The maximum atomic E-state index is 12.3. The van der Waals surface area contributed by atoms with Crippen molar-refractivity contribution in [2.75, 3.05) is 26.2 Å². The first-order valence-corrected chi connectivity index (χ1v) is 9.24. The van der Waals surface area contributed by atoms with Crippen LogP contribution in [0.1, 0.15) is 12.5 Å². The van der Waals surface area contributed by atoms with Gasteiger partial charge in [0.1, 0.15) is 0 Å². The van der Waals surface area contributed by atoms with E-state index in [2.05, 4.69) is 17.2 Å². The zero-order chi connectivity index (χ0) is 20.7. The number of amides is 3. The van der Waals surface area contributed by atoms with Crippen LogP contribution in [0.3, 0.4) is 0 Å². The van der Waals surface area contributed by atoms with E-state index in [1.165, 1.54) is 4.90 Å². The van der Waals surface area contributed by atoms with Crippen LogP contribution in [0.25, 0.3) is 0 Å². The van der Waals surface area contributed by atoms with Gasteiger partial charge in [-0.25, -0.2) is 9.59 Å². The molecule has 2 rings (SSSR count). The summed E-state index contributed by atoms with van der Waals surface area (Å²) >= 11 is 11.8. The largest absolute Gasteiger partial charge is 0.478 e. The highest BCUT2D eigenvalue weighted by atomic mass is 35.5. The molecule has 1 aromatic rings. The van der Waals surface area contributed by atoms with Crippen molar-refractivity contribution in [3.05, 3.63) is 46.0 Å². The number of rotatable bonds is 3. The Morgan fingerprint density at radius 3 is 2.36 bits per heavy atom. The molecule has 1 fully saturated rings. The Morgan fingerprint density at radius 1 is 1.11 bits per heavy atom. The molecule has 7 nitrogen and oxygen atoms in total. The number of carbonyl (C=O) groups excluding carboxylic acids is 2. The van der Waals surface area contributed by atoms with E-state index in [1.54, 1.807) is 30.0 Å². The predicted octanol–water partition coefficient (Wildman–Crippen LogP) is 2.23. The van der Waals surface area contributed by atoms with Crippen LogP contribution in [-0.4, -0.2) is 65.0 Å². The summed E-state index contributed by atoms with van der Waals surface area (Å²) in [5, 5.41) is 12.2. The summed E-state index contributed by atoms with van der Waals surface area (Å²) in [7, 11) is 0. The number of benzene rings is 1. The first-order valence-electron chi connectivity index (χ1n) is 8.48. The smallest absolute Gasteiger partial charge is 0.328 e. The number of carboxylic acids is 1. The third-order valence-corrected chi connectivity index (χ3v) is 4.68. The highest BCUT2D eigenvalue weighted by molar-refractivity contribution is 6.42. The van der Waals surface area contributed by atoms with E-state index in [9.17, 15) is 14.4 Å². The van der Waals surface area contributed by atoms with Gasteiger partial charge in [-0.2, -0.15) is 0 Å². The van der Waals surface area contributed by atoms with Crippen LogP contribution in [0, 0.1) is 11.8 Å². The third-order valence-electron chi connectivity index (χ3n) is 3.94. The second-order valence-corrected chi connectivity index (χ2v) is 6.87. The number of carboxylic acid groups (broad SMARTS) is 1. The zero-order valence-electron chi connectivity index (χ0n) is 15.1. The Kier molecular flexibility index (Phi) is 7.73. The number of urea groups is 1. The van der Waals surface area contributed by atoms with Gasteiger partial charge in [0.2, 0.25) is 5.91 Å². The molecular weight excluding hydrogens is 405 g/mol. The van der Waals surface area contributed by atoms with Gasteiger partial charge in [0.15, 0.2) is 0 Å². The number of nitrogens with one attached hydrogen (secondary N) is 1. The normalized spacial score (nSPS) is 15.0. The van der Waals surface area contributed by atoms with Crippen LogP contribution in [0.15, 0.2) is 30.4 Å². The molecule has 148 valence electrons. The van der Waals surface area contributed by atoms with Crippen molar-refractivity contribution in [1.29, 1.82) is 0 Å². The topological polar surface area (TPSA) is 90.0 Å². The van der Waals surface area contributed by atoms with E-state index in [1.807, 2.05) is 0 Å². The molecule has 0 aromatic heterocycles. The summed E-state index contributed by atoms with van der Waals surface area (Å²) in [6.45, 7) is 3.13.